The maximum atomic E-state index is 13.1. The smallest absolute Gasteiger partial charge is 0.263 e. The van der Waals surface area contributed by atoms with Crippen LogP contribution in [0.4, 0.5) is 5.69 Å². The van der Waals surface area contributed by atoms with Gasteiger partial charge in [-0.05, 0) is 106 Å². The Hall–Kier alpha value is -2.35. The van der Waals surface area contributed by atoms with Gasteiger partial charge in [-0.25, -0.2) is 4.21 Å². The van der Waals surface area contributed by atoms with Crippen LogP contribution in [0.2, 0.25) is 5.02 Å². The molecule has 8 heteroatoms. The van der Waals surface area contributed by atoms with Crippen molar-refractivity contribution in [1.82, 2.24) is 4.72 Å². The summed E-state index contributed by atoms with van der Waals surface area (Å²) in [6.45, 7) is 8.08. The number of ether oxygens (including phenoxy) is 1. The van der Waals surface area contributed by atoms with Crippen molar-refractivity contribution in [3.8, 4) is 5.75 Å². The molecule has 0 saturated heterocycles. The third-order valence-electron chi connectivity index (χ3n) is 9.23. The fourth-order valence-corrected chi connectivity index (χ4v) is 7.57. The van der Waals surface area contributed by atoms with Crippen LogP contribution in [0.5, 0.6) is 5.75 Å². The van der Waals surface area contributed by atoms with E-state index in [4.69, 9.17) is 16.3 Å². The topological polar surface area (TPSA) is 78.9 Å². The molecule has 0 bridgehead atoms. The molecule has 5 atom stereocenters. The second-order valence-corrected chi connectivity index (χ2v) is 14.4. The lowest BCUT2D eigenvalue weighted by Gasteiger charge is -2.46. The van der Waals surface area contributed by atoms with Gasteiger partial charge in [0.2, 0.25) is 0 Å². The Balaban J connectivity index is 1.50. The van der Waals surface area contributed by atoms with Gasteiger partial charge in [0.05, 0.1) is 12.3 Å². The Morgan fingerprint density at radius 2 is 2.10 bits per heavy atom. The number of carbonyl (C=O) groups excluding carboxylic acids is 1. The number of halogens is 1. The van der Waals surface area contributed by atoms with E-state index in [1.165, 1.54) is 11.1 Å². The molecule has 1 aliphatic heterocycles. The number of aliphatic hydroxyl groups excluding tert-OH is 1. The lowest BCUT2D eigenvalue weighted by Crippen LogP contribution is -2.49. The Morgan fingerprint density at radius 1 is 1.27 bits per heavy atom. The van der Waals surface area contributed by atoms with E-state index >= 15 is 0 Å². The first kappa shape index (κ1) is 30.1. The highest BCUT2D eigenvalue weighted by Crippen LogP contribution is 2.47. The molecule has 4 unspecified atom stereocenters. The number of nitrogens with one attached hydrogen (secondary N) is 1. The van der Waals surface area contributed by atoms with E-state index in [0.717, 1.165) is 68.1 Å². The predicted molar refractivity (Wildman–Crippen MR) is 167 cm³/mol. The van der Waals surface area contributed by atoms with Crippen molar-refractivity contribution in [2.75, 3.05) is 31.2 Å². The van der Waals surface area contributed by atoms with Gasteiger partial charge in [-0.3, -0.25) is 9.52 Å². The van der Waals surface area contributed by atoms with Crippen molar-refractivity contribution in [2.45, 2.75) is 70.0 Å². The van der Waals surface area contributed by atoms with Gasteiger partial charge in [0.25, 0.3) is 5.91 Å². The standard InChI is InChI=1S/C33H43ClN2O4S/c1-4-5-7-26(19-37)28-12-9-25(28)18-36-20-33(15-6-8-23-16-27(34)11-13-29(23)33)21-40-31-14-10-24(17-30(31)36)32(38)35-41(39)22(2)3/h5,7,10-11,13-14,16-17,22,25-26,28,37H,4,6,8-9,12,15,18-21H2,1-3H3,(H,35,38)/b7-5+/t25?,26?,28?,33-,41?/m0/s1. The number of aliphatic hydroxyl groups is 1. The maximum Gasteiger partial charge on any atom is 0.263 e. The maximum absolute atomic E-state index is 13.1. The molecule has 6 nitrogen and oxygen atoms in total. The van der Waals surface area contributed by atoms with Crippen molar-refractivity contribution in [3.63, 3.8) is 0 Å². The first-order valence-electron chi connectivity index (χ1n) is 15.0. The van der Waals surface area contributed by atoms with Gasteiger partial charge in [-0.2, -0.15) is 0 Å². The van der Waals surface area contributed by atoms with Crippen molar-refractivity contribution in [3.05, 3.63) is 70.3 Å². The average Bonchev–Trinajstić information content (AvgIpc) is 3.09. The summed E-state index contributed by atoms with van der Waals surface area (Å²) in [6.07, 6.45) is 10.6. The fourth-order valence-electron chi connectivity index (χ4n) is 6.84. The van der Waals surface area contributed by atoms with Crippen LogP contribution in [0.25, 0.3) is 0 Å². The summed E-state index contributed by atoms with van der Waals surface area (Å²) in [4.78, 5) is 15.5. The summed E-state index contributed by atoms with van der Waals surface area (Å²) in [5, 5.41) is 10.8. The number of rotatable bonds is 9. The molecule has 1 fully saturated rings. The number of amides is 1. The number of hydrogen-bond acceptors (Lipinski definition) is 5. The van der Waals surface area contributed by atoms with E-state index < -0.39 is 11.0 Å². The molecule has 0 aromatic heterocycles. The third-order valence-corrected chi connectivity index (χ3v) is 10.7. The molecule has 1 heterocycles. The van der Waals surface area contributed by atoms with Crippen molar-refractivity contribution in [2.24, 2.45) is 17.8 Å². The molecule has 1 amide bonds. The Morgan fingerprint density at radius 3 is 2.80 bits per heavy atom. The second kappa shape index (κ2) is 12.9. The van der Waals surface area contributed by atoms with Crippen LogP contribution in [-0.4, -0.2) is 46.8 Å². The summed E-state index contributed by atoms with van der Waals surface area (Å²) in [5.41, 5.74) is 3.78. The number of hydrogen-bond donors (Lipinski definition) is 2. The predicted octanol–water partition coefficient (Wildman–Crippen LogP) is 6.22. The minimum absolute atomic E-state index is 0.158. The molecule has 2 aromatic rings. The van der Waals surface area contributed by atoms with Gasteiger partial charge in [0.1, 0.15) is 16.7 Å². The Bertz CT molecular complexity index is 1310. The van der Waals surface area contributed by atoms with Crippen LogP contribution < -0.4 is 14.4 Å². The van der Waals surface area contributed by atoms with Gasteiger partial charge in [0.15, 0.2) is 0 Å². The lowest BCUT2D eigenvalue weighted by atomic mass is 9.66. The van der Waals surface area contributed by atoms with Gasteiger partial charge >= 0.3 is 0 Å². The van der Waals surface area contributed by atoms with E-state index in [2.05, 4.69) is 40.8 Å². The lowest BCUT2D eigenvalue weighted by molar-refractivity contribution is 0.0892. The monoisotopic (exact) mass is 598 g/mol. The van der Waals surface area contributed by atoms with E-state index in [1.54, 1.807) is 6.07 Å². The van der Waals surface area contributed by atoms with Gasteiger partial charge < -0.3 is 14.7 Å². The summed E-state index contributed by atoms with van der Waals surface area (Å²) in [6, 6.07) is 11.8. The summed E-state index contributed by atoms with van der Waals surface area (Å²) < 4.78 is 21.6. The Kier molecular flexibility index (Phi) is 9.47. The number of fused-ring (bicyclic) bond motifs is 3. The number of benzene rings is 2. The Labute approximate surface area is 252 Å². The number of carbonyl (C=O) groups is 1. The second-order valence-electron chi connectivity index (χ2n) is 12.2. The quantitative estimate of drug-likeness (QED) is 0.335. The molecule has 5 rings (SSSR count). The molecule has 2 N–H and O–H groups in total. The van der Waals surface area contributed by atoms with E-state index in [9.17, 15) is 14.1 Å². The zero-order chi connectivity index (χ0) is 29.1. The van der Waals surface area contributed by atoms with Crippen LogP contribution in [0.1, 0.15) is 74.4 Å². The molecule has 41 heavy (non-hydrogen) atoms. The van der Waals surface area contributed by atoms with E-state index in [1.807, 2.05) is 32.0 Å². The van der Waals surface area contributed by atoms with Crippen LogP contribution in [-0.2, 0) is 22.8 Å². The van der Waals surface area contributed by atoms with Gasteiger partial charge in [-0.1, -0.05) is 36.7 Å². The highest BCUT2D eigenvalue weighted by atomic mass is 35.5. The zero-order valence-corrected chi connectivity index (χ0v) is 26.0. The van der Waals surface area contributed by atoms with Crippen molar-refractivity contribution in [1.29, 1.82) is 0 Å². The van der Waals surface area contributed by atoms with Crippen LogP contribution in [0, 0.1) is 17.8 Å². The summed E-state index contributed by atoms with van der Waals surface area (Å²) >= 11 is 6.40. The number of allylic oxidation sites excluding steroid dienone is 1. The molecular weight excluding hydrogens is 556 g/mol. The van der Waals surface area contributed by atoms with Crippen LogP contribution in [0.3, 0.4) is 0 Å². The van der Waals surface area contributed by atoms with Gasteiger partial charge in [-0.15, -0.1) is 0 Å². The molecule has 222 valence electrons. The van der Waals surface area contributed by atoms with Crippen molar-refractivity contribution < 1.29 is 18.8 Å². The molecular formula is C33H43ClN2O4S. The van der Waals surface area contributed by atoms with Gasteiger partial charge in [0, 0.05) is 46.9 Å². The average molecular weight is 599 g/mol. The highest BCUT2D eigenvalue weighted by Gasteiger charge is 2.44. The van der Waals surface area contributed by atoms with Crippen LogP contribution in [0.15, 0.2) is 48.6 Å². The number of nitrogens with zero attached hydrogens (tertiary/aromatic N) is 1. The molecule has 3 aliphatic rings. The number of aryl methyl sites for hydroxylation is 1. The largest absolute Gasteiger partial charge is 0.490 e. The SMILES string of the molecule is CC/C=C/C(CO)C1CCC1CN1C[C@@]2(CCCc3cc(Cl)ccc32)COc2ccc(C(=O)NS(=O)C(C)C)cc21. The first-order chi connectivity index (χ1) is 19.7. The molecule has 1 saturated carbocycles. The highest BCUT2D eigenvalue weighted by molar-refractivity contribution is 7.84. The third kappa shape index (κ3) is 6.37. The van der Waals surface area contributed by atoms with E-state index in [-0.39, 0.29) is 29.1 Å². The van der Waals surface area contributed by atoms with E-state index in [0.29, 0.717) is 24.0 Å². The molecule has 1 spiro atoms. The fraction of sp³-hybridized carbons (Fsp3) is 0.545. The van der Waals surface area contributed by atoms with Crippen LogP contribution >= 0.6 is 11.6 Å². The molecule has 2 aliphatic carbocycles. The minimum atomic E-state index is -1.45. The molecule has 2 aromatic carbocycles. The molecule has 0 radical (unpaired) electrons. The minimum Gasteiger partial charge on any atom is -0.490 e. The summed E-state index contributed by atoms with van der Waals surface area (Å²) in [5.74, 6) is 1.43. The number of anilines is 1. The summed E-state index contributed by atoms with van der Waals surface area (Å²) in [7, 11) is -1.45. The first-order valence-corrected chi connectivity index (χ1v) is 16.6. The van der Waals surface area contributed by atoms with Crippen molar-refractivity contribution >= 4 is 34.2 Å². The zero-order valence-electron chi connectivity index (χ0n) is 24.4. The normalized spacial score (nSPS) is 25.2.